The number of carbonyl (C=O) groups is 2. The standard InChI is InChI=1S/C16H17NS.C4H6O5/c1-2-17-12-16(13-8-4-3-5-9-13)18-15-11-7-6-10-14(15)17;5-2(4(8)9)1-3(6)7/h3-11,16H,2,12H2,1H3;2,5H,1H2,(H,6,7)(H,8,9). The first-order chi connectivity index (χ1) is 12.9. The third-order valence-corrected chi connectivity index (χ3v) is 5.37. The molecule has 144 valence electrons. The molecule has 2 aromatic rings. The second-order valence-electron chi connectivity index (χ2n) is 5.98. The SMILES string of the molecule is CCN1CC(c2ccccc2)Sc2ccccc21.O=C(O)CC(O)C(=O)O. The lowest BCUT2D eigenvalue weighted by Crippen LogP contribution is -2.30. The summed E-state index contributed by atoms with van der Waals surface area (Å²) in [6.45, 7) is 4.40. The predicted octanol–water partition coefficient (Wildman–Crippen LogP) is 3.27. The van der Waals surface area contributed by atoms with E-state index >= 15 is 0 Å². The summed E-state index contributed by atoms with van der Waals surface area (Å²) < 4.78 is 0. The van der Waals surface area contributed by atoms with Crippen molar-refractivity contribution in [1.82, 2.24) is 0 Å². The van der Waals surface area contributed by atoms with Crippen molar-refractivity contribution in [2.45, 2.75) is 29.6 Å². The summed E-state index contributed by atoms with van der Waals surface area (Å²) >= 11 is 1.99. The lowest BCUT2D eigenvalue weighted by molar-refractivity contribution is -0.152. The molecular formula is C20H23NO5S. The summed E-state index contributed by atoms with van der Waals surface area (Å²) in [5, 5.41) is 24.7. The Labute approximate surface area is 162 Å². The largest absolute Gasteiger partial charge is 0.481 e. The van der Waals surface area contributed by atoms with E-state index in [2.05, 4.69) is 66.4 Å². The number of benzene rings is 2. The summed E-state index contributed by atoms with van der Waals surface area (Å²) in [6.07, 6.45) is -2.54. The highest BCUT2D eigenvalue weighted by Gasteiger charge is 2.24. The number of aliphatic carboxylic acids is 2. The Balaban J connectivity index is 0.000000249. The van der Waals surface area contributed by atoms with E-state index in [-0.39, 0.29) is 0 Å². The molecule has 0 spiro atoms. The molecular weight excluding hydrogens is 366 g/mol. The van der Waals surface area contributed by atoms with E-state index in [1.54, 1.807) is 0 Å². The number of hydrogen-bond donors (Lipinski definition) is 3. The molecule has 2 unspecified atom stereocenters. The summed E-state index contributed by atoms with van der Waals surface area (Å²) in [7, 11) is 0. The van der Waals surface area contributed by atoms with Gasteiger partial charge in [0, 0.05) is 18.0 Å². The van der Waals surface area contributed by atoms with Crippen molar-refractivity contribution in [2.75, 3.05) is 18.0 Å². The highest BCUT2D eigenvalue weighted by atomic mass is 32.2. The van der Waals surface area contributed by atoms with Crippen LogP contribution in [0.15, 0.2) is 59.5 Å². The quantitative estimate of drug-likeness (QED) is 0.722. The first kappa shape index (κ1) is 20.8. The number of nitrogens with zero attached hydrogens (tertiary/aromatic N) is 1. The van der Waals surface area contributed by atoms with Crippen molar-refractivity contribution >= 4 is 29.4 Å². The first-order valence-electron chi connectivity index (χ1n) is 8.60. The van der Waals surface area contributed by atoms with Gasteiger partial charge in [-0.25, -0.2) is 4.79 Å². The maximum Gasteiger partial charge on any atom is 0.333 e. The zero-order chi connectivity index (χ0) is 19.8. The van der Waals surface area contributed by atoms with Crippen LogP contribution in [0.25, 0.3) is 0 Å². The fourth-order valence-electron chi connectivity index (χ4n) is 2.70. The van der Waals surface area contributed by atoms with Crippen LogP contribution < -0.4 is 4.90 Å². The molecule has 1 aliphatic rings. The normalized spacial score (nSPS) is 16.5. The summed E-state index contributed by atoms with van der Waals surface area (Å²) in [6, 6.07) is 19.5. The van der Waals surface area contributed by atoms with Gasteiger partial charge in [-0.3, -0.25) is 4.79 Å². The Bertz CT molecular complexity index is 768. The molecule has 0 amide bonds. The fourth-order valence-corrected chi connectivity index (χ4v) is 4.03. The van der Waals surface area contributed by atoms with Crippen molar-refractivity contribution < 1.29 is 24.9 Å². The third-order valence-electron chi connectivity index (χ3n) is 4.07. The van der Waals surface area contributed by atoms with Crippen LogP contribution in [0.2, 0.25) is 0 Å². The van der Waals surface area contributed by atoms with Gasteiger partial charge in [-0.15, -0.1) is 11.8 Å². The van der Waals surface area contributed by atoms with Gasteiger partial charge in [0.1, 0.15) is 0 Å². The van der Waals surface area contributed by atoms with Gasteiger partial charge in [0.15, 0.2) is 6.10 Å². The number of rotatable bonds is 5. The molecule has 0 aromatic heterocycles. The predicted molar refractivity (Wildman–Crippen MR) is 105 cm³/mol. The van der Waals surface area contributed by atoms with Crippen LogP contribution >= 0.6 is 11.8 Å². The van der Waals surface area contributed by atoms with Crippen LogP contribution in [0.1, 0.15) is 24.2 Å². The van der Waals surface area contributed by atoms with Crippen LogP contribution in [0, 0.1) is 0 Å². The second kappa shape index (κ2) is 9.99. The average Bonchev–Trinajstić information content (AvgIpc) is 2.67. The van der Waals surface area contributed by atoms with E-state index in [4.69, 9.17) is 15.3 Å². The highest BCUT2D eigenvalue weighted by molar-refractivity contribution is 7.99. The van der Waals surface area contributed by atoms with Crippen molar-refractivity contribution in [1.29, 1.82) is 0 Å². The minimum absolute atomic E-state index is 0.543. The van der Waals surface area contributed by atoms with Gasteiger partial charge in [-0.05, 0) is 24.6 Å². The van der Waals surface area contributed by atoms with Gasteiger partial charge < -0.3 is 20.2 Å². The van der Waals surface area contributed by atoms with Gasteiger partial charge in [0.2, 0.25) is 0 Å². The highest BCUT2D eigenvalue weighted by Crippen LogP contribution is 2.45. The smallest absolute Gasteiger partial charge is 0.333 e. The Hall–Kier alpha value is -2.51. The Morgan fingerprint density at radius 1 is 1.11 bits per heavy atom. The van der Waals surface area contributed by atoms with Crippen LogP contribution in [-0.4, -0.2) is 46.5 Å². The van der Waals surface area contributed by atoms with Crippen molar-refractivity contribution in [3.8, 4) is 0 Å². The molecule has 7 heteroatoms. The first-order valence-corrected chi connectivity index (χ1v) is 9.48. The molecule has 0 aliphatic carbocycles. The number of carboxylic acids is 2. The third kappa shape index (κ3) is 6.01. The molecule has 2 aromatic carbocycles. The number of aliphatic hydroxyl groups is 1. The fraction of sp³-hybridized carbons (Fsp3) is 0.300. The number of carboxylic acid groups (broad SMARTS) is 2. The lowest BCUT2D eigenvalue weighted by Gasteiger charge is -2.35. The number of fused-ring (bicyclic) bond motifs is 1. The van der Waals surface area contributed by atoms with Gasteiger partial charge in [-0.1, -0.05) is 42.5 Å². The van der Waals surface area contributed by atoms with Gasteiger partial charge in [-0.2, -0.15) is 0 Å². The molecule has 0 fully saturated rings. The Kier molecular flexibility index (Phi) is 7.69. The van der Waals surface area contributed by atoms with Gasteiger partial charge in [0.25, 0.3) is 0 Å². The average molecular weight is 389 g/mol. The minimum atomic E-state index is -1.79. The van der Waals surface area contributed by atoms with Crippen LogP contribution in [0.4, 0.5) is 5.69 Å². The second-order valence-corrected chi connectivity index (χ2v) is 7.22. The van der Waals surface area contributed by atoms with Crippen LogP contribution in [-0.2, 0) is 9.59 Å². The Morgan fingerprint density at radius 2 is 1.74 bits per heavy atom. The van der Waals surface area contributed by atoms with E-state index in [0.717, 1.165) is 13.1 Å². The monoisotopic (exact) mass is 389 g/mol. The molecule has 0 radical (unpaired) electrons. The van der Waals surface area contributed by atoms with Crippen molar-refractivity contribution in [2.24, 2.45) is 0 Å². The number of para-hydroxylation sites is 1. The zero-order valence-corrected chi connectivity index (χ0v) is 15.8. The maximum atomic E-state index is 9.72. The molecule has 0 bridgehead atoms. The minimum Gasteiger partial charge on any atom is -0.481 e. The number of anilines is 1. The molecule has 0 saturated carbocycles. The molecule has 1 heterocycles. The lowest BCUT2D eigenvalue weighted by atomic mass is 10.1. The van der Waals surface area contributed by atoms with Gasteiger partial charge >= 0.3 is 11.9 Å². The number of likely N-dealkylation sites (N-methyl/N-ethyl adjacent to an activating group) is 1. The van der Waals surface area contributed by atoms with Crippen molar-refractivity contribution in [3.05, 3.63) is 60.2 Å². The van der Waals surface area contributed by atoms with E-state index in [1.807, 2.05) is 11.8 Å². The molecule has 3 N–H and O–H groups in total. The van der Waals surface area contributed by atoms with Crippen LogP contribution in [0.3, 0.4) is 0 Å². The molecule has 3 rings (SSSR count). The molecule has 27 heavy (non-hydrogen) atoms. The molecule has 6 nitrogen and oxygen atoms in total. The molecule has 2 atom stereocenters. The molecule has 1 aliphatic heterocycles. The molecule has 0 saturated heterocycles. The summed E-state index contributed by atoms with van der Waals surface area (Å²) in [5.41, 5.74) is 2.81. The van der Waals surface area contributed by atoms with Crippen LogP contribution in [0.5, 0.6) is 0 Å². The van der Waals surface area contributed by atoms with E-state index < -0.39 is 24.5 Å². The van der Waals surface area contributed by atoms with Gasteiger partial charge in [0.05, 0.1) is 17.4 Å². The number of aliphatic hydroxyl groups excluding tert-OH is 1. The maximum absolute atomic E-state index is 9.72. The zero-order valence-electron chi connectivity index (χ0n) is 15.0. The summed E-state index contributed by atoms with van der Waals surface area (Å²) in [4.78, 5) is 23.3. The van der Waals surface area contributed by atoms with Crippen molar-refractivity contribution in [3.63, 3.8) is 0 Å². The Morgan fingerprint density at radius 3 is 2.30 bits per heavy atom. The summed E-state index contributed by atoms with van der Waals surface area (Å²) in [5.74, 6) is -2.85. The number of thioether (sulfide) groups is 1. The number of hydrogen-bond acceptors (Lipinski definition) is 5. The topological polar surface area (TPSA) is 98.1 Å². The van der Waals surface area contributed by atoms with E-state index in [1.165, 1.54) is 16.1 Å². The van der Waals surface area contributed by atoms with E-state index in [0.29, 0.717) is 5.25 Å². The van der Waals surface area contributed by atoms with E-state index in [9.17, 15) is 9.59 Å².